The lowest BCUT2D eigenvalue weighted by Gasteiger charge is -2.54. The standard InChI is InChI=1S/C23H29NO3/c1-22(26-10-11-27-22)20-9-8-19-18-7-6-15-4-2-3-5-17(15)21(18)16(13-25)12-23(19,20)14-24/h2-5,16,18-21,25H,6-13H2,1H3/t16-,18-,19-,20+,21+,23+/m0/s1. The number of aliphatic hydroxyl groups excluding tert-OH is 1. The van der Waals surface area contributed by atoms with Gasteiger partial charge in [0.1, 0.15) is 0 Å². The number of rotatable bonds is 2. The molecule has 4 heteroatoms. The van der Waals surface area contributed by atoms with Crippen LogP contribution in [-0.4, -0.2) is 30.7 Å². The van der Waals surface area contributed by atoms with Crippen molar-refractivity contribution in [2.24, 2.45) is 29.1 Å². The zero-order valence-corrected chi connectivity index (χ0v) is 16.1. The van der Waals surface area contributed by atoms with Gasteiger partial charge in [-0.25, -0.2) is 0 Å². The Bertz CT molecular complexity index is 765. The third-order valence-corrected chi connectivity index (χ3v) is 8.23. The molecule has 1 aromatic carbocycles. The van der Waals surface area contributed by atoms with Crippen LogP contribution in [0.25, 0.3) is 0 Å². The minimum atomic E-state index is -0.649. The zero-order valence-electron chi connectivity index (χ0n) is 16.1. The average Bonchev–Trinajstić information content (AvgIpc) is 3.31. The van der Waals surface area contributed by atoms with Gasteiger partial charge in [0.05, 0.1) is 24.7 Å². The molecule has 2 saturated carbocycles. The fraction of sp³-hybridized carbons (Fsp3) is 0.696. The van der Waals surface area contributed by atoms with Crippen molar-refractivity contribution in [2.75, 3.05) is 19.8 Å². The van der Waals surface area contributed by atoms with Gasteiger partial charge >= 0.3 is 0 Å². The van der Waals surface area contributed by atoms with Gasteiger partial charge in [-0.05, 0) is 73.8 Å². The Labute approximate surface area is 161 Å². The van der Waals surface area contributed by atoms with E-state index in [4.69, 9.17) is 9.47 Å². The maximum atomic E-state index is 10.5. The Morgan fingerprint density at radius 2 is 1.96 bits per heavy atom. The number of benzene rings is 1. The van der Waals surface area contributed by atoms with Gasteiger partial charge in [-0.15, -0.1) is 0 Å². The maximum absolute atomic E-state index is 10.5. The topological polar surface area (TPSA) is 62.5 Å². The Morgan fingerprint density at radius 1 is 1.19 bits per heavy atom. The van der Waals surface area contributed by atoms with Gasteiger partial charge in [0.25, 0.3) is 0 Å². The smallest absolute Gasteiger partial charge is 0.170 e. The highest BCUT2D eigenvalue weighted by Gasteiger charge is 2.65. The molecule has 1 aromatic rings. The van der Waals surface area contributed by atoms with E-state index < -0.39 is 11.2 Å². The summed E-state index contributed by atoms with van der Waals surface area (Å²) in [6.45, 7) is 3.41. The Morgan fingerprint density at radius 3 is 2.70 bits per heavy atom. The third kappa shape index (κ3) is 2.38. The fourth-order valence-electron chi connectivity index (χ4n) is 7.29. The molecule has 3 aliphatic carbocycles. The van der Waals surface area contributed by atoms with Gasteiger partial charge in [0, 0.05) is 12.5 Å². The number of aliphatic hydroxyl groups is 1. The molecule has 1 saturated heterocycles. The Hall–Kier alpha value is -1.41. The molecule has 1 N–H and O–H groups in total. The predicted octanol–water partition coefficient (Wildman–Crippen LogP) is 3.64. The van der Waals surface area contributed by atoms with E-state index in [-0.39, 0.29) is 18.4 Å². The molecule has 0 aromatic heterocycles. The summed E-state index contributed by atoms with van der Waals surface area (Å²) in [7, 11) is 0. The van der Waals surface area contributed by atoms with E-state index in [2.05, 4.69) is 30.3 Å². The molecular formula is C23H29NO3. The first-order chi connectivity index (χ1) is 13.1. The quantitative estimate of drug-likeness (QED) is 0.867. The van der Waals surface area contributed by atoms with Crippen LogP contribution >= 0.6 is 0 Å². The summed E-state index contributed by atoms with van der Waals surface area (Å²) in [6, 6.07) is 11.5. The number of ether oxygens (including phenoxy) is 2. The second kappa shape index (κ2) is 6.30. The lowest BCUT2D eigenvalue weighted by molar-refractivity contribution is -0.208. The van der Waals surface area contributed by atoms with E-state index in [1.165, 1.54) is 11.1 Å². The highest BCUT2D eigenvalue weighted by molar-refractivity contribution is 5.36. The first kappa shape index (κ1) is 17.7. The molecule has 1 heterocycles. The summed E-state index contributed by atoms with van der Waals surface area (Å²) in [5.74, 6) is 0.805. The average molecular weight is 367 g/mol. The molecule has 3 fully saturated rings. The van der Waals surface area contributed by atoms with E-state index in [0.717, 1.165) is 32.1 Å². The molecule has 144 valence electrons. The van der Waals surface area contributed by atoms with Crippen molar-refractivity contribution in [2.45, 2.75) is 50.7 Å². The molecule has 27 heavy (non-hydrogen) atoms. The van der Waals surface area contributed by atoms with E-state index in [9.17, 15) is 10.4 Å². The van der Waals surface area contributed by atoms with Crippen molar-refractivity contribution in [1.82, 2.24) is 0 Å². The van der Waals surface area contributed by atoms with Crippen LogP contribution in [0, 0.1) is 40.4 Å². The number of fused-ring (bicyclic) bond motifs is 5. The van der Waals surface area contributed by atoms with Gasteiger partial charge < -0.3 is 14.6 Å². The van der Waals surface area contributed by atoms with Crippen LogP contribution in [0.3, 0.4) is 0 Å². The first-order valence-corrected chi connectivity index (χ1v) is 10.5. The molecule has 0 unspecified atom stereocenters. The van der Waals surface area contributed by atoms with Crippen molar-refractivity contribution >= 4 is 0 Å². The fourth-order valence-corrected chi connectivity index (χ4v) is 7.29. The molecule has 0 amide bonds. The number of hydrogen-bond donors (Lipinski definition) is 1. The van der Waals surface area contributed by atoms with Gasteiger partial charge in [0.2, 0.25) is 0 Å². The molecule has 5 rings (SSSR count). The van der Waals surface area contributed by atoms with Gasteiger partial charge in [-0.2, -0.15) is 5.26 Å². The van der Waals surface area contributed by atoms with E-state index in [0.29, 0.717) is 31.0 Å². The lowest BCUT2D eigenvalue weighted by atomic mass is 9.50. The summed E-state index contributed by atoms with van der Waals surface area (Å²) >= 11 is 0. The lowest BCUT2D eigenvalue weighted by Crippen LogP contribution is -2.53. The Balaban J connectivity index is 1.57. The number of aryl methyl sites for hydroxylation is 1. The molecule has 4 nitrogen and oxygen atoms in total. The van der Waals surface area contributed by atoms with Crippen LogP contribution in [0.5, 0.6) is 0 Å². The molecule has 6 atom stereocenters. The largest absolute Gasteiger partial charge is 0.396 e. The van der Waals surface area contributed by atoms with Crippen LogP contribution in [0.15, 0.2) is 24.3 Å². The second-order valence-corrected chi connectivity index (χ2v) is 9.18. The van der Waals surface area contributed by atoms with Gasteiger partial charge in [-0.3, -0.25) is 0 Å². The van der Waals surface area contributed by atoms with Crippen molar-refractivity contribution in [3.05, 3.63) is 35.4 Å². The van der Waals surface area contributed by atoms with E-state index >= 15 is 0 Å². The SMILES string of the molecule is CC1([C@H]2CC[C@H]3[C@@H]4CCc5ccccc5[C@H]4[C@H](CO)C[C@]23C#N)OCCO1. The van der Waals surface area contributed by atoms with Gasteiger partial charge in [-0.1, -0.05) is 24.3 Å². The predicted molar refractivity (Wildman–Crippen MR) is 101 cm³/mol. The summed E-state index contributed by atoms with van der Waals surface area (Å²) in [6.07, 6.45) is 5.02. The van der Waals surface area contributed by atoms with Crippen LogP contribution in [0.1, 0.15) is 49.7 Å². The van der Waals surface area contributed by atoms with Crippen LogP contribution in [0.4, 0.5) is 0 Å². The van der Waals surface area contributed by atoms with Crippen LogP contribution in [-0.2, 0) is 15.9 Å². The minimum Gasteiger partial charge on any atom is -0.396 e. The number of nitriles is 1. The maximum Gasteiger partial charge on any atom is 0.170 e. The highest BCUT2D eigenvalue weighted by Crippen LogP contribution is 2.66. The van der Waals surface area contributed by atoms with Crippen molar-refractivity contribution in [3.63, 3.8) is 0 Å². The molecular weight excluding hydrogens is 338 g/mol. The molecule has 4 aliphatic rings. The summed E-state index contributed by atoms with van der Waals surface area (Å²) < 4.78 is 12.1. The van der Waals surface area contributed by atoms with Crippen LogP contribution in [0.2, 0.25) is 0 Å². The normalized spacial score (nSPS) is 42.0. The van der Waals surface area contributed by atoms with Crippen molar-refractivity contribution in [1.29, 1.82) is 5.26 Å². The van der Waals surface area contributed by atoms with E-state index in [1.54, 1.807) is 0 Å². The molecule has 0 radical (unpaired) electrons. The van der Waals surface area contributed by atoms with Crippen LogP contribution < -0.4 is 0 Å². The second-order valence-electron chi connectivity index (χ2n) is 9.18. The summed E-state index contributed by atoms with van der Waals surface area (Å²) in [4.78, 5) is 0. The van der Waals surface area contributed by atoms with E-state index in [1.807, 2.05) is 6.92 Å². The minimum absolute atomic E-state index is 0.0923. The van der Waals surface area contributed by atoms with Crippen molar-refractivity contribution in [3.8, 4) is 6.07 Å². The van der Waals surface area contributed by atoms with Gasteiger partial charge in [0.15, 0.2) is 5.79 Å². The molecule has 0 bridgehead atoms. The summed E-state index contributed by atoms with van der Waals surface area (Å²) in [5.41, 5.74) is 2.41. The number of nitrogens with zero attached hydrogens (tertiary/aromatic N) is 1. The third-order valence-electron chi connectivity index (χ3n) is 8.23. The highest BCUT2D eigenvalue weighted by atomic mass is 16.7. The molecule has 1 aliphatic heterocycles. The Kier molecular flexibility index (Phi) is 4.13. The monoisotopic (exact) mass is 367 g/mol. The molecule has 0 spiro atoms. The zero-order chi connectivity index (χ0) is 18.6. The summed E-state index contributed by atoms with van der Waals surface area (Å²) in [5, 5.41) is 20.8. The van der Waals surface area contributed by atoms with Crippen molar-refractivity contribution < 1.29 is 14.6 Å². The first-order valence-electron chi connectivity index (χ1n) is 10.5. The number of hydrogen-bond acceptors (Lipinski definition) is 4.